The molecule has 23 heteroatoms. The highest BCUT2D eigenvalue weighted by atomic mass is 32.2. The van der Waals surface area contributed by atoms with Gasteiger partial charge in [0.1, 0.15) is 58.0 Å². The number of hydrogen-bond donors (Lipinski definition) is 4. The van der Waals surface area contributed by atoms with Crippen molar-refractivity contribution in [2.75, 3.05) is 50.1 Å². The highest BCUT2D eigenvalue weighted by Gasteiger charge is 2.47. The number of carbonyl (C=O) groups is 5. The van der Waals surface area contributed by atoms with Crippen LogP contribution in [0, 0.1) is 19.8 Å². The number of piperidine rings is 1. The van der Waals surface area contributed by atoms with Crippen LogP contribution in [-0.4, -0.2) is 157 Å². The van der Waals surface area contributed by atoms with Gasteiger partial charge in [-0.25, -0.2) is 33.1 Å². The van der Waals surface area contributed by atoms with Crippen LogP contribution in [0.1, 0.15) is 119 Å². The van der Waals surface area contributed by atoms with Crippen molar-refractivity contribution >= 4 is 67.9 Å². The van der Waals surface area contributed by atoms with E-state index < -0.39 is 74.2 Å². The Kier molecular flexibility index (Phi) is 17.4. The summed E-state index contributed by atoms with van der Waals surface area (Å²) in [6.45, 7) is 16.8. The number of hydrogen-bond acceptors (Lipinski definition) is 16. The Morgan fingerprint density at radius 3 is 2.11 bits per heavy atom. The van der Waals surface area contributed by atoms with Crippen molar-refractivity contribution in [2.24, 2.45) is 5.92 Å². The number of likely N-dealkylation sites (N-methyl/N-ethyl adjacent to an activating group) is 1. The van der Waals surface area contributed by atoms with Gasteiger partial charge in [-0.3, -0.25) is 29.2 Å². The number of aromatic amines is 1. The van der Waals surface area contributed by atoms with Gasteiger partial charge < -0.3 is 40.1 Å². The number of fused-ring (bicyclic) bond motifs is 2. The van der Waals surface area contributed by atoms with Gasteiger partial charge in [0.15, 0.2) is 15.7 Å². The van der Waals surface area contributed by atoms with Crippen molar-refractivity contribution in [3.63, 3.8) is 0 Å². The van der Waals surface area contributed by atoms with E-state index in [0.29, 0.717) is 73.6 Å². The van der Waals surface area contributed by atoms with Crippen LogP contribution in [0.25, 0.3) is 10.9 Å². The number of aryl methyl sites for hydroxylation is 1. The molecular weight excluding hydrogens is 1080 g/mol. The summed E-state index contributed by atoms with van der Waals surface area (Å²) in [5.41, 5.74) is 3.23. The SMILES string of the molecule is Cc1[nH]nc(Nc2ncnc3cc(OCC4CCN(c5cnc(C(=O)N6CC[C@H]7CC[C@@H](C(=O)NC(c8ccccc8)c8ccccc8)N7C(=O)[C@@H](NC(=O)[C@H](C)N(C)C(=O)OC(C)(C)C)C6)cn5)CC4)c(S(=O)(=O)C(C)(C)C)cc23)c1C. The largest absolute Gasteiger partial charge is 0.492 e. The van der Waals surface area contributed by atoms with Gasteiger partial charge in [0.2, 0.25) is 17.7 Å². The van der Waals surface area contributed by atoms with Crippen LogP contribution >= 0.6 is 0 Å². The van der Waals surface area contributed by atoms with Crippen molar-refractivity contribution < 1.29 is 41.9 Å². The second kappa shape index (κ2) is 24.3. The highest BCUT2D eigenvalue weighted by Crippen LogP contribution is 2.38. The highest BCUT2D eigenvalue weighted by molar-refractivity contribution is 7.92. The number of anilines is 3. The molecule has 6 aromatic rings. The summed E-state index contributed by atoms with van der Waals surface area (Å²) in [6.07, 6.45) is 6.22. The fraction of sp³-hybridized carbons (Fsp3) is 0.467. The molecule has 0 spiro atoms. The quantitative estimate of drug-likeness (QED) is 0.0790. The Morgan fingerprint density at radius 1 is 0.831 bits per heavy atom. The maximum Gasteiger partial charge on any atom is 0.410 e. The molecule has 83 heavy (non-hydrogen) atoms. The number of sulfone groups is 1. The number of ether oxygens (including phenoxy) is 2. The molecule has 0 saturated carbocycles. The molecule has 0 bridgehead atoms. The van der Waals surface area contributed by atoms with Gasteiger partial charge in [0.25, 0.3) is 5.91 Å². The molecule has 0 radical (unpaired) electrons. The van der Waals surface area contributed by atoms with E-state index in [9.17, 15) is 27.6 Å². The van der Waals surface area contributed by atoms with Gasteiger partial charge in [-0.05, 0) is 118 Å². The average Bonchev–Trinajstić information content (AvgIpc) is 4.13. The predicted octanol–water partition coefficient (Wildman–Crippen LogP) is 7.22. The lowest BCUT2D eigenvalue weighted by molar-refractivity contribution is -0.145. The molecule has 3 aromatic heterocycles. The van der Waals surface area contributed by atoms with Crippen LogP contribution in [0.5, 0.6) is 5.75 Å². The first-order valence-corrected chi connectivity index (χ1v) is 29.7. The zero-order chi connectivity index (χ0) is 59.5. The molecule has 0 unspecified atom stereocenters. The van der Waals surface area contributed by atoms with Crippen molar-refractivity contribution in [3.05, 3.63) is 120 Å². The van der Waals surface area contributed by atoms with E-state index in [1.165, 1.54) is 31.4 Å². The first-order valence-electron chi connectivity index (χ1n) is 28.2. The van der Waals surface area contributed by atoms with Crippen LogP contribution in [0.2, 0.25) is 0 Å². The van der Waals surface area contributed by atoms with Crippen LogP contribution < -0.4 is 25.6 Å². The zero-order valence-corrected chi connectivity index (χ0v) is 49.6. The molecule has 4 N–H and O–H groups in total. The molecule has 3 aromatic carbocycles. The maximum absolute atomic E-state index is 15.1. The first-order chi connectivity index (χ1) is 39.4. The van der Waals surface area contributed by atoms with Crippen molar-refractivity contribution in [2.45, 2.75) is 140 Å². The molecular formula is C60H75N13O9S. The molecule has 0 aliphatic carbocycles. The Balaban J connectivity index is 0.882. The van der Waals surface area contributed by atoms with E-state index in [1.54, 1.807) is 64.8 Å². The fourth-order valence-corrected chi connectivity index (χ4v) is 11.9. The van der Waals surface area contributed by atoms with Gasteiger partial charge >= 0.3 is 6.09 Å². The summed E-state index contributed by atoms with van der Waals surface area (Å²) in [5, 5.41) is 17.1. The second-order valence-electron chi connectivity index (χ2n) is 23.7. The average molecular weight is 1150 g/mol. The molecule has 3 aliphatic rings. The van der Waals surface area contributed by atoms with Crippen LogP contribution in [0.4, 0.5) is 22.2 Å². The Hall–Kier alpha value is -8.21. The summed E-state index contributed by atoms with van der Waals surface area (Å²) in [7, 11) is -2.47. The van der Waals surface area contributed by atoms with Gasteiger partial charge in [-0.15, -0.1) is 0 Å². The number of aromatic nitrogens is 6. The van der Waals surface area contributed by atoms with Gasteiger partial charge in [-0.2, -0.15) is 5.10 Å². The van der Waals surface area contributed by atoms with Gasteiger partial charge in [0, 0.05) is 55.4 Å². The molecule has 3 fully saturated rings. The normalized spacial score (nSPS) is 18.5. The molecule has 5 amide bonds. The van der Waals surface area contributed by atoms with E-state index in [4.69, 9.17) is 9.47 Å². The standard InChI is InChI=1S/C60H75N13O9S/c1-36-37(2)68-69-52(36)67-53-43-29-49(83(79,80)60(7,8)9)48(30-44(43)63-35-64-53)81-34-39-23-26-71(27-24-39)50-32-61-45(31-62-50)56(76)72-28-25-42-21-22-47(55(75)66-51(40-17-13-11-14-18-40)41-19-15-12-16-20-41)73(42)57(77)46(33-72)65-54(74)38(3)70(10)58(78)82-59(4,5)6/h11-20,29-32,35,38-39,42,46-47,51H,21-28,33-34H2,1-10H3,(H,65,74)(H,66,75)(H2,63,64,67,68,69)/t38-,42+,46-,47-/m0/s1. The predicted molar refractivity (Wildman–Crippen MR) is 313 cm³/mol. The summed E-state index contributed by atoms with van der Waals surface area (Å²) in [4.78, 5) is 95.8. The van der Waals surface area contributed by atoms with Crippen molar-refractivity contribution in [3.8, 4) is 5.75 Å². The minimum atomic E-state index is -3.90. The van der Waals surface area contributed by atoms with Crippen LogP contribution in [0.3, 0.4) is 0 Å². The number of H-pyrrole nitrogens is 1. The molecule has 9 rings (SSSR count). The molecule has 440 valence electrons. The Labute approximate surface area is 484 Å². The lowest BCUT2D eigenvalue weighted by Crippen LogP contribution is -2.62. The second-order valence-corrected chi connectivity index (χ2v) is 26.4. The number of amides is 5. The molecule has 3 aliphatic heterocycles. The monoisotopic (exact) mass is 1150 g/mol. The number of nitrogens with zero attached hydrogens (tertiary/aromatic N) is 9. The van der Waals surface area contributed by atoms with Gasteiger partial charge in [0.05, 0.1) is 41.9 Å². The van der Waals surface area contributed by atoms with E-state index >= 15 is 4.79 Å². The van der Waals surface area contributed by atoms with E-state index in [1.807, 2.05) is 74.5 Å². The van der Waals surface area contributed by atoms with E-state index in [-0.39, 0.29) is 47.9 Å². The molecule has 3 saturated heterocycles. The van der Waals surface area contributed by atoms with Gasteiger partial charge in [-0.1, -0.05) is 60.7 Å². The number of nitrogens with one attached hydrogen (secondary N) is 4. The third-order valence-electron chi connectivity index (χ3n) is 15.8. The lowest BCUT2D eigenvalue weighted by atomic mass is 9.98. The zero-order valence-electron chi connectivity index (χ0n) is 48.8. The third-order valence-corrected chi connectivity index (χ3v) is 18.4. The smallest absolute Gasteiger partial charge is 0.410 e. The molecule has 22 nitrogen and oxygen atoms in total. The third kappa shape index (κ3) is 13.2. The molecule has 6 heterocycles. The summed E-state index contributed by atoms with van der Waals surface area (Å²) >= 11 is 0. The summed E-state index contributed by atoms with van der Waals surface area (Å²) < 4.78 is 39.1. The number of benzene rings is 3. The fourth-order valence-electron chi connectivity index (χ4n) is 10.6. The van der Waals surface area contributed by atoms with Crippen molar-refractivity contribution in [1.29, 1.82) is 0 Å². The number of carbonyl (C=O) groups excluding carboxylic acids is 5. The minimum absolute atomic E-state index is 0.0393. The van der Waals surface area contributed by atoms with Crippen LogP contribution in [-0.2, 0) is 29.0 Å². The van der Waals surface area contributed by atoms with Crippen molar-refractivity contribution in [1.82, 2.24) is 55.5 Å². The van der Waals surface area contributed by atoms with Crippen LogP contribution in [0.15, 0.2) is 96.4 Å². The van der Waals surface area contributed by atoms with E-state index in [0.717, 1.165) is 27.3 Å². The number of rotatable bonds is 15. The Morgan fingerprint density at radius 2 is 1.51 bits per heavy atom. The first kappa shape index (κ1) is 59.4. The maximum atomic E-state index is 15.1. The molecule has 4 atom stereocenters. The summed E-state index contributed by atoms with van der Waals surface area (Å²) in [6, 6.07) is 18.2. The topological polar surface area (TPSA) is 267 Å². The minimum Gasteiger partial charge on any atom is -0.492 e. The Bertz CT molecular complexity index is 3410. The van der Waals surface area contributed by atoms with E-state index in [2.05, 4.69) is 51.0 Å². The lowest BCUT2D eigenvalue weighted by Gasteiger charge is -2.39. The summed E-state index contributed by atoms with van der Waals surface area (Å²) in [5.74, 6) is -0.218.